The molecule has 9 nitrogen and oxygen atoms in total. The number of nitrogens with zero attached hydrogens (tertiary/aromatic N) is 2. The third kappa shape index (κ3) is 5.74. The van der Waals surface area contributed by atoms with Crippen LogP contribution < -0.4 is 15.8 Å². The van der Waals surface area contributed by atoms with Gasteiger partial charge < -0.3 is 25.8 Å². The fourth-order valence-corrected chi connectivity index (χ4v) is 6.43. The van der Waals surface area contributed by atoms with Crippen molar-refractivity contribution in [2.75, 3.05) is 19.0 Å². The molecule has 1 aromatic heterocycles. The molecule has 9 heteroatoms. The van der Waals surface area contributed by atoms with E-state index in [-0.39, 0.29) is 23.3 Å². The molecule has 3 aromatic rings. The van der Waals surface area contributed by atoms with Gasteiger partial charge in [-0.2, -0.15) is 0 Å². The molecule has 0 saturated heterocycles. The van der Waals surface area contributed by atoms with Crippen LogP contribution in [0.2, 0.25) is 0 Å². The molecule has 2 heterocycles. The first kappa shape index (κ1) is 29.3. The number of amides is 2. The van der Waals surface area contributed by atoms with Crippen LogP contribution in [-0.2, 0) is 16.0 Å². The summed E-state index contributed by atoms with van der Waals surface area (Å²) in [6.07, 6.45) is 5.63. The summed E-state index contributed by atoms with van der Waals surface area (Å²) >= 11 is 0. The number of nitrogens with one attached hydrogen (secondary N) is 1. The lowest BCUT2D eigenvalue weighted by atomic mass is 9.75. The Labute approximate surface area is 246 Å². The second-order valence-corrected chi connectivity index (χ2v) is 11.9. The Morgan fingerprint density at radius 2 is 1.76 bits per heavy atom. The summed E-state index contributed by atoms with van der Waals surface area (Å²) in [6.45, 7) is 4.66. The van der Waals surface area contributed by atoms with E-state index in [0.29, 0.717) is 30.5 Å². The molecule has 1 unspecified atom stereocenters. The van der Waals surface area contributed by atoms with Gasteiger partial charge in [0.05, 0.1) is 12.7 Å². The van der Waals surface area contributed by atoms with Gasteiger partial charge in [0, 0.05) is 35.0 Å². The van der Waals surface area contributed by atoms with Gasteiger partial charge in [0.1, 0.15) is 6.04 Å². The number of pyridine rings is 1. The van der Waals surface area contributed by atoms with Crippen molar-refractivity contribution in [3.63, 3.8) is 0 Å². The van der Waals surface area contributed by atoms with Crippen LogP contribution in [0.1, 0.15) is 67.1 Å². The fraction of sp³-hybridized carbons (Fsp3) is 0.394. The van der Waals surface area contributed by atoms with E-state index in [4.69, 9.17) is 10.5 Å². The zero-order valence-corrected chi connectivity index (χ0v) is 24.3. The number of carbonyl (C=O) groups excluding carboxylic acids is 2. The summed E-state index contributed by atoms with van der Waals surface area (Å²) in [7, 11) is 1.57. The van der Waals surface area contributed by atoms with Crippen molar-refractivity contribution in [1.29, 1.82) is 0 Å². The number of anilines is 1. The molecule has 1 aliphatic carbocycles. The number of hydrogen-bond acceptors (Lipinski definition) is 6. The summed E-state index contributed by atoms with van der Waals surface area (Å²) in [4.78, 5) is 46.0. The Balaban J connectivity index is 1.57. The van der Waals surface area contributed by atoms with E-state index in [1.165, 1.54) is 12.1 Å². The number of methoxy groups -OCH3 is 1. The highest BCUT2D eigenvalue weighted by Crippen LogP contribution is 2.45. The number of carboxylic acids is 1. The number of hydrogen-bond donors (Lipinski definition) is 3. The van der Waals surface area contributed by atoms with Crippen LogP contribution in [-0.4, -0.2) is 52.0 Å². The van der Waals surface area contributed by atoms with Gasteiger partial charge in [-0.25, -0.2) is 9.78 Å². The minimum absolute atomic E-state index is 0.0148. The monoisotopic (exact) mass is 570 g/mol. The average Bonchev–Trinajstić information content (AvgIpc) is 2.99. The lowest BCUT2D eigenvalue weighted by molar-refractivity contribution is -0.151. The van der Waals surface area contributed by atoms with Crippen molar-refractivity contribution in [1.82, 2.24) is 9.88 Å². The molecule has 42 heavy (non-hydrogen) atoms. The molecule has 2 aromatic carbocycles. The standard InChI is InChI=1S/C33H38N4O5/c1-33(2)17-27-25(23-13-16-28(42-3)35-19-23)5-4-6-26(27)29(30(38)36-24-14-11-22(12-15-24)32(40)41)37(33)31(39)21-9-7-20(18-34)8-10-21/h4-6,11-16,19-21,29H,7-10,17-18,34H2,1-3H3,(H,36,38)(H,40,41). The van der Waals surface area contributed by atoms with Crippen LogP contribution in [0.4, 0.5) is 5.69 Å². The maximum absolute atomic E-state index is 14.3. The second kappa shape index (κ2) is 11.9. The SMILES string of the molecule is COc1ccc(-c2cccc3c2CC(C)(C)N(C(=O)C2CCC(CN)CC2)C3C(=O)Nc2ccc(C(=O)O)cc2)cn1. The first-order chi connectivity index (χ1) is 20.1. The predicted octanol–water partition coefficient (Wildman–Crippen LogP) is 5.06. The molecule has 5 rings (SSSR count). The molecular weight excluding hydrogens is 532 g/mol. The van der Waals surface area contributed by atoms with Gasteiger partial charge in [-0.3, -0.25) is 9.59 Å². The summed E-state index contributed by atoms with van der Waals surface area (Å²) in [5, 5.41) is 12.2. The first-order valence-electron chi connectivity index (χ1n) is 14.4. The maximum atomic E-state index is 14.3. The van der Waals surface area contributed by atoms with E-state index < -0.39 is 17.6 Å². The number of aromatic nitrogens is 1. The average molecular weight is 571 g/mol. The summed E-state index contributed by atoms with van der Waals surface area (Å²) in [6, 6.07) is 14.8. The minimum Gasteiger partial charge on any atom is -0.481 e. The number of fused-ring (bicyclic) bond motifs is 1. The van der Waals surface area contributed by atoms with Gasteiger partial charge in [0.15, 0.2) is 0 Å². The molecule has 0 radical (unpaired) electrons. The fourth-order valence-electron chi connectivity index (χ4n) is 6.43. The van der Waals surface area contributed by atoms with Crippen molar-refractivity contribution in [3.05, 3.63) is 77.5 Å². The normalized spacial score (nSPS) is 21.2. The second-order valence-electron chi connectivity index (χ2n) is 11.9. The highest BCUT2D eigenvalue weighted by atomic mass is 16.5. The van der Waals surface area contributed by atoms with Crippen LogP contribution in [0.3, 0.4) is 0 Å². The van der Waals surface area contributed by atoms with Crippen molar-refractivity contribution in [3.8, 4) is 17.0 Å². The smallest absolute Gasteiger partial charge is 0.335 e. The van der Waals surface area contributed by atoms with Crippen LogP contribution in [0.25, 0.3) is 11.1 Å². The molecule has 1 aliphatic heterocycles. The zero-order valence-electron chi connectivity index (χ0n) is 24.3. The maximum Gasteiger partial charge on any atom is 0.335 e. The van der Waals surface area contributed by atoms with E-state index in [1.54, 1.807) is 36.4 Å². The van der Waals surface area contributed by atoms with Gasteiger partial charge in [-0.05, 0) is 105 Å². The number of nitrogens with two attached hydrogens (primary N) is 1. The first-order valence-corrected chi connectivity index (χ1v) is 14.4. The number of ether oxygens (including phenoxy) is 1. The molecule has 4 N–H and O–H groups in total. The highest BCUT2D eigenvalue weighted by molar-refractivity contribution is 6.00. The Morgan fingerprint density at radius 1 is 1.05 bits per heavy atom. The Morgan fingerprint density at radius 3 is 2.36 bits per heavy atom. The van der Waals surface area contributed by atoms with Gasteiger partial charge in [0.25, 0.3) is 5.91 Å². The van der Waals surface area contributed by atoms with Crippen LogP contribution in [0, 0.1) is 11.8 Å². The third-order valence-corrected chi connectivity index (χ3v) is 8.70. The zero-order chi connectivity index (χ0) is 30.0. The molecule has 0 spiro atoms. The molecule has 2 aliphatic rings. The lowest BCUT2D eigenvalue weighted by Crippen LogP contribution is -2.58. The van der Waals surface area contributed by atoms with E-state index >= 15 is 0 Å². The highest BCUT2D eigenvalue weighted by Gasteiger charge is 2.48. The molecule has 1 fully saturated rings. The van der Waals surface area contributed by atoms with Crippen molar-refractivity contribution < 1.29 is 24.2 Å². The number of carboxylic acid groups (broad SMARTS) is 1. The summed E-state index contributed by atoms with van der Waals surface area (Å²) < 4.78 is 5.24. The lowest BCUT2D eigenvalue weighted by Gasteiger charge is -2.50. The molecule has 220 valence electrons. The van der Waals surface area contributed by atoms with E-state index in [0.717, 1.165) is 47.9 Å². The van der Waals surface area contributed by atoms with Gasteiger partial charge in [-0.1, -0.05) is 18.2 Å². The summed E-state index contributed by atoms with van der Waals surface area (Å²) in [5.74, 6) is -0.640. The molecule has 1 saturated carbocycles. The largest absolute Gasteiger partial charge is 0.481 e. The van der Waals surface area contributed by atoms with Crippen LogP contribution >= 0.6 is 0 Å². The molecule has 2 amide bonds. The number of benzene rings is 2. The Bertz CT molecular complexity index is 1460. The number of rotatable bonds is 7. The van der Waals surface area contributed by atoms with Crippen molar-refractivity contribution in [2.45, 2.75) is 57.5 Å². The topological polar surface area (TPSA) is 135 Å². The van der Waals surface area contributed by atoms with Crippen LogP contribution in [0.5, 0.6) is 5.88 Å². The summed E-state index contributed by atoms with van der Waals surface area (Å²) in [5.41, 5.74) is 9.44. The van der Waals surface area contributed by atoms with Crippen LogP contribution in [0.15, 0.2) is 60.8 Å². The Kier molecular flexibility index (Phi) is 8.31. The van der Waals surface area contributed by atoms with Crippen molar-refractivity contribution >= 4 is 23.5 Å². The quantitative estimate of drug-likeness (QED) is 0.361. The van der Waals surface area contributed by atoms with Crippen molar-refractivity contribution in [2.24, 2.45) is 17.6 Å². The van der Waals surface area contributed by atoms with Gasteiger partial charge >= 0.3 is 5.97 Å². The van der Waals surface area contributed by atoms with E-state index in [2.05, 4.69) is 10.3 Å². The van der Waals surface area contributed by atoms with E-state index in [9.17, 15) is 19.5 Å². The predicted molar refractivity (Wildman–Crippen MR) is 160 cm³/mol. The molecular formula is C33H38N4O5. The number of aromatic carboxylic acids is 1. The Hall–Kier alpha value is -4.24. The number of carbonyl (C=O) groups is 3. The molecule has 0 bridgehead atoms. The third-order valence-electron chi connectivity index (χ3n) is 8.70. The van der Waals surface area contributed by atoms with Gasteiger partial charge in [0.2, 0.25) is 11.8 Å². The molecule has 1 atom stereocenters. The minimum atomic E-state index is -1.04. The van der Waals surface area contributed by atoms with Gasteiger partial charge in [-0.15, -0.1) is 0 Å². The van der Waals surface area contributed by atoms with E-state index in [1.807, 2.05) is 38.1 Å².